The van der Waals surface area contributed by atoms with Gasteiger partial charge >= 0.3 is 0 Å². The molecule has 0 unspecified atom stereocenters. The van der Waals surface area contributed by atoms with Gasteiger partial charge in [-0.1, -0.05) is 37.1 Å². The summed E-state index contributed by atoms with van der Waals surface area (Å²) in [6, 6.07) is 0. The Morgan fingerprint density at radius 2 is 2.16 bits per heavy atom. The smallest absolute Gasteiger partial charge is 0.137 e. The van der Waals surface area contributed by atoms with E-state index in [0.29, 0.717) is 5.15 Å². The molecule has 104 valence electrons. The molecule has 4 heteroatoms. The molecule has 19 heavy (non-hydrogen) atoms. The molecule has 0 saturated heterocycles. The fourth-order valence-corrected chi connectivity index (χ4v) is 2.42. The Labute approximate surface area is 120 Å². The van der Waals surface area contributed by atoms with Crippen molar-refractivity contribution >= 4 is 17.4 Å². The van der Waals surface area contributed by atoms with Gasteiger partial charge in [0.15, 0.2) is 0 Å². The second-order valence-electron chi connectivity index (χ2n) is 5.43. The minimum absolute atomic E-state index is 0.288. The van der Waals surface area contributed by atoms with Crippen molar-refractivity contribution < 1.29 is 0 Å². The first-order chi connectivity index (χ1) is 9.08. The highest BCUT2D eigenvalue weighted by molar-refractivity contribution is 6.30. The average molecular weight is 280 g/mol. The summed E-state index contributed by atoms with van der Waals surface area (Å²) in [4.78, 5) is 8.89. The van der Waals surface area contributed by atoms with Gasteiger partial charge in [0.2, 0.25) is 0 Å². The van der Waals surface area contributed by atoms with E-state index in [1.54, 1.807) is 5.57 Å². The second-order valence-corrected chi connectivity index (χ2v) is 5.79. The van der Waals surface area contributed by atoms with Gasteiger partial charge < -0.3 is 5.32 Å². The summed E-state index contributed by atoms with van der Waals surface area (Å²) < 4.78 is 0. The molecule has 0 spiro atoms. The molecule has 1 heterocycles. The molecular formula is C15H22ClN3. The Bertz CT molecular complexity index is 481. The Morgan fingerprint density at radius 1 is 1.37 bits per heavy atom. The highest BCUT2D eigenvalue weighted by Gasteiger charge is 2.12. The van der Waals surface area contributed by atoms with Gasteiger partial charge in [-0.25, -0.2) is 9.97 Å². The minimum Gasteiger partial charge on any atom is -0.369 e. The van der Waals surface area contributed by atoms with E-state index in [2.05, 4.69) is 35.2 Å². The van der Waals surface area contributed by atoms with E-state index >= 15 is 0 Å². The molecule has 0 atom stereocenters. The number of aromatic nitrogens is 2. The predicted octanol–water partition coefficient (Wildman–Crippen LogP) is 4.47. The standard InChI is InChI=1S/C15H22ClN3/c1-10(2)14-18-13(16)11(3)15(19-14)17-9-8-12-6-4-5-7-12/h6,10H,4-5,7-9H2,1-3H3,(H,17,18,19). The summed E-state index contributed by atoms with van der Waals surface area (Å²) in [7, 11) is 0. The van der Waals surface area contributed by atoms with Crippen LogP contribution in [0.5, 0.6) is 0 Å². The molecule has 0 aliphatic heterocycles. The monoisotopic (exact) mass is 279 g/mol. The number of hydrogen-bond acceptors (Lipinski definition) is 3. The summed E-state index contributed by atoms with van der Waals surface area (Å²) in [5.41, 5.74) is 2.50. The molecule has 0 aromatic carbocycles. The zero-order valence-corrected chi connectivity index (χ0v) is 12.7. The molecule has 1 aliphatic carbocycles. The van der Waals surface area contributed by atoms with Crippen LogP contribution in [0, 0.1) is 6.92 Å². The normalized spacial score (nSPS) is 14.9. The molecular weight excluding hydrogens is 258 g/mol. The van der Waals surface area contributed by atoms with Crippen LogP contribution < -0.4 is 5.32 Å². The van der Waals surface area contributed by atoms with E-state index in [9.17, 15) is 0 Å². The summed E-state index contributed by atoms with van der Waals surface area (Å²) >= 11 is 6.17. The van der Waals surface area contributed by atoms with E-state index < -0.39 is 0 Å². The quantitative estimate of drug-likeness (QED) is 0.638. The third-order valence-corrected chi connectivity index (χ3v) is 3.86. The number of halogens is 1. The zero-order valence-electron chi connectivity index (χ0n) is 12.0. The Hall–Kier alpha value is -1.09. The number of hydrogen-bond donors (Lipinski definition) is 1. The molecule has 3 nitrogen and oxygen atoms in total. The maximum Gasteiger partial charge on any atom is 0.137 e. The highest BCUT2D eigenvalue weighted by atomic mass is 35.5. The largest absolute Gasteiger partial charge is 0.369 e. The molecule has 0 saturated carbocycles. The first kappa shape index (κ1) is 14.3. The molecule has 1 aromatic heterocycles. The van der Waals surface area contributed by atoms with Crippen molar-refractivity contribution in [1.29, 1.82) is 0 Å². The van der Waals surface area contributed by atoms with Gasteiger partial charge in [0.25, 0.3) is 0 Å². The van der Waals surface area contributed by atoms with Crippen molar-refractivity contribution in [2.24, 2.45) is 0 Å². The van der Waals surface area contributed by atoms with Crippen molar-refractivity contribution in [3.05, 3.63) is 28.2 Å². The SMILES string of the molecule is Cc1c(Cl)nc(C(C)C)nc1NCCC1=CCCC1. The zero-order chi connectivity index (χ0) is 13.8. The van der Waals surface area contributed by atoms with Gasteiger partial charge in [0.05, 0.1) is 0 Å². The van der Waals surface area contributed by atoms with Gasteiger partial charge in [-0.3, -0.25) is 0 Å². The molecule has 0 amide bonds. The Kier molecular flexibility index (Phi) is 4.81. The minimum atomic E-state index is 0.288. The lowest BCUT2D eigenvalue weighted by Crippen LogP contribution is -2.09. The van der Waals surface area contributed by atoms with Crippen molar-refractivity contribution in [2.75, 3.05) is 11.9 Å². The third kappa shape index (κ3) is 3.69. The third-order valence-electron chi connectivity index (χ3n) is 3.49. The first-order valence-electron chi connectivity index (χ1n) is 7.03. The van der Waals surface area contributed by atoms with Crippen molar-refractivity contribution in [3.8, 4) is 0 Å². The number of nitrogens with one attached hydrogen (secondary N) is 1. The van der Waals surface area contributed by atoms with Gasteiger partial charge in [0.1, 0.15) is 16.8 Å². The Balaban J connectivity index is 2.02. The van der Waals surface area contributed by atoms with E-state index in [1.807, 2.05) is 6.92 Å². The van der Waals surface area contributed by atoms with Gasteiger partial charge in [-0.2, -0.15) is 0 Å². The summed E-state index contributed by atoms with van der Waals surface area (Å²) in [5, 5.41) is 3.96. The number of nitrogens with zero attached hydrogens (tertiary/aromatic N) is 2. The molecule has 2 rings (SSSR count). The summed E-state index contributed by atoms with van der Waals surface area (Å²) in [6.07, 6.45) is 7.26. The van der Waals surface area contributed by atoms with Crippen molar-refractivity contribution in [3.63, 3.8) is 0 Å². The fourth-order valence-electron chi connectivity index (χ4n) is 2.24. The van der Waals surface area contributed by atoms with Gasteiger partial charge in [-0.05, 0) is 32.6 Å². The number of allylic oxidation sites excluding steroid dienone is 1. The first-order valence-corrected chi connectivity index (χ1v) is 7.41. The lowest BCUT2D eigenvalue weighted by molar-refractivity contribution is 0.770. The fraction of sp³-hybridized carbons (Fsp3) is 0.600. The van der Waals surface area contributed by atoms with Crippen molar-refractivity contribution in [1.82, 2.24) is 9.97 Å². The Morgan fingerprint density at radius 3 is 2.79 bits per heavy atom. The molecule has 1 aromatic rings. The van der Waals surface area contributed by atoms with Gasteiger partial charge in [-0.15, -0.1) is 0 Å². The summed E-state index contributed by atoms with van der Waals surface area (Å²) in [5.74, 6) is 1.97. The van der Waals surface area contributed by atoms with Crippen LogP contribution in [0.15, 0.2) is 11.6 Å². The van der Waals surface area contributed by atoms with E-state index in [1.165, 1.54) is 19.3 Å². The molecule has 1 aliphatic rings. The van der Waals surface area contributed by atoms with Crippen LogP contribution >= 0.6 is 11.6 Å². The lowest BCUT2D eigenvalue weighted by Gasteiger charge is -2.13. The average Bonchev–Trinajstić information content (AvgIpc) is 2.87. The van der Waals surface area contributed by atoms with Crippen LogP contribution in [0.1, 0.15) is 56.8 Å². The molecule has 1 N–H and O–H groups in total. The van der Waals surface area contributed by atoms with Crippen LogP contribution in [0.3, 0.4) is 0 Å². The molecule has 0 fully saturated rings. The molecule has 0 bridgehead atoms. The van der Waals surface area contributed by atoms with Gasteiger partial charge in [0, 0.05) is 18.0 Å². The number of rotatable bonds is 5. The second kappa shape index (κ2) is 6.38. The van der Waals surface area contributed by atoms with Crippen LogP contribution in [-0.4, -0.2) is 16.5 Å². The van der Waals surface area contributed by atoms with Crippen LogP contribution in [-0.2, 0) is 0 Å². The highest BCUT2D eigenvalue weighted by Crippen LogP contribution is 2.24. The van der Waals surface area contributed by atoms with Crippen LogP contribution in [0.2, 0.25) is 5.15 Å². The molecule has 0 radical (unpaired) electrons. The van der Waals surface area contributed by atoms with Crippen molar-refractivity contribution in [2.45, 2.75) is 52.4 Å². The predicted molar refractivity (Wildman–Crippen MR) is 80.9 cm³/mol. The van der Waals surface area contributed by atoms with E-state index in [4.69, 9.17) is 11.6 Å². The number of anilines is 1. The topological polar surface area (TPSA) is 37.8 Å². The lowest BCUT2D eigenvalue weighted by atomic mass is 10.1. The maximum absolute atomic E-state index is 6.17. The van der Waals surface area contributed by atoms with E-state index in [0.717, 1.165) is 30.2 Å². The van der Waals surface area contributed by atoms with Crippen LogP contribution in [0.25, 0.3) is 0 Å². The van der Waals surface area contributed by atoms with E-state index in [-0.39, 0.29) is 5.92 Å². The summed E-state index contributed by atoms with van der Waals surface area (Å²) in [6.45, 7) is 7.03. The maximum atomic E-state index is 6.17. The van der Waals surface area contributed by atoms with Crippen LogP contribution in [0.4, 0.5) is 5.82 Å².